The predicted octanol–water partition coefficient (Wildman–Crippen LogP) is 4.85. The van der Waals surface area contributed by atoms with Crippen molar-refractivity contribution in [3.05, 3.63) is 71.8 Å². The Morgan fingerprint density at radius 3 is 1.85 bits per heavy atom. The summed E-state index contributed by atoms with van der Waals surface area (Å²) < 4.78 is 30.1. The lowest BCUT2D eigenvalue weighted by molar-refractivity contribution is -0.0228. The van der Waals surface area contributed by atoms with Gasteiger partial charge >= 0.3 is 7.82 Å². The molecule has 2 aromatic rings. The molecule has 3 rings (SSSR count). The molecule has 1 N–H and O–H groups in total. The van der Waals surface area contributed by atoms with Crippen LogP contribution in [0.15, 0.2) is 60.7 Å². The van der Waals surface area contributed by atoms with Crippen LogP contribution in [0.2, 0.25) is 0 Å². The number of aliphatic hydroxyl groups is 1. The first-order valence-corrected chi connectivity index (χ1v) is 10.4. The van der Waals surface area contributed by atoms with E-state index in [1.807, 2.05) is 60.7 Å². The maximum Gasteiger partial charge on any atom is 0.475 e. The largest absolute Gasteiger partial charge is 0.475 e. The van der Waals surface area contributed by atoms with E-state index < -0.39 is 20.0 Å². The van der Waals surface area contributed by atoms with Crippen LogP contribution in [-0.4, -0.2) is 17.3 Å². The molecule has 0 spiro atoms. The van der Waals surface area contributed by atoms with Crippen molar-refractivity contribution >= 4 is 7.82 Å². The third-order valence-corrected chi connectivity index (χ3v) is 5.82. The van der Waals surface area contributed by atoms with Gasteiger partial charge in [-0.05, 0) is 24.0 Å². The molecule has 0 aliphatic heterocycles. The number of phosphoric acid groups is 1. The van der Waals surface area contributed by atoms with Gasteiger partial charge in [0.05, 0.1) is 25.4 Å². The van der Waals surface area contributed by atoms with Gasteiger partial charge in [0, 0.05) is 0 Å². The molecule has 1 saturated carbocycles. The summed E-state index contributed by atoms with van der Waals surface area (Å²) in [6, 6.07) is 18.9. The van der Waals surface area contributed by atoms with Crippen LogP contribution in [0.3, 0.4) is 0 Å². The summed E-state index contributed by atoms with van der Waals surface area (Å²) in [4.78, 5) is 0. The summed E-state index contributed by atoms with van der Waals surface area (Å²) in [5, 5.41) is 10.1. The van der Waals surface area contributed by atoms with E-state index in [1.165, 1.54) is 0 Å². The third-order valence-electron chi connectivity index (χ3n) is 4.40. The second kappa shape index (κ2) is 9.45. The molecule has 6 heteroatoms. The van der Waals surface area contributed by atoms with E-state index in [-0.39, 0.29) is 13.2 Å². The minimum Gasteiger partial charge on any atom is -0.390 e. The Labute approximate surface area is 154 Å². The molecule has 0 unspecified atom stereocenters. The van der Waals surface area contributed by atoms with Crippen LogP contribution in [0.1, 0.15) is 36.8 Å². The summed E-state index contributed by atoms with van der Waals surface area (Å²) in [6.07, 6.45) is 2.00. The average molecular weight is 376 g/mol. The molecule has 1 fully saturated rings. The highest BCUT2D eigenvalue weighted by Gasteiger charge is 2.35. The lowest BCUT2D eigenvalue weighted by atomic mass is 9.95. The van der Waals surface area contributed by atoms with Gasteiger partial charge in [-0.25, -0.2) is 4.57 Å². The molecule has 140 valence electrons. The zero-order valence-corrected chi connectivity index (χ0v) is 15.6. The Bertz CT molecular complexity index is 659. The van der Waals surface area contributed by atoms with Crippen molar-refractivity contribution in [1.29, 1.82) is 0 Å². The van der Waals surface area contributed by atoms with E-state index in [1.54, 1.807) is 0 Å². The maximum absolute atomic E-state index is 13.2. The van der Waals surface area contributed by atoms with Gasteiger partial charge in [-0.2, -0.15) is 0 Å². The minimum absolute atomic E-state index is 0.121. The molecule has 0 amide bonds. The molecule has 0 heterocycles. The van der Waals surface area contributed by atoms with Crippen LogP contribution in [-0.2, 0) is 31.4 Å². The minimum atomic E-state index is -3.82. The van der Waals surface area contributed by atoms with Gasteiger partial charge in [0.2, 0.25) is 0 Å². The second-order valence-corrected chi connectivity index (χ2v) is 8.08. The van der Waals surface area contributed by atoms with Crippen molar-refractivity contribution in [2.45, 2.75) is 51.1 Å². The van der Waals surface area contributed by atoms with E-state index in [4.69, 9.17) is 13.6 Å². The monoisotopic (exact) mass is 376 g/mol. The molecular weight excluding hydrogens is 351 g/mol. The summed E-state index contributed by atoms with van der Waals surface area (Å²) in [5.74, 6) is 0. The van der Waals surface area contributed by atoms with Crippen LogP contribution < -0.4 is 0 Å². The van der Waals surface area contributed by atoms with Crippen molar-refractivity contribution in [3.63, 3.8) is 0 Å². The zero-order chi connectivity index (χ0) is 18.2. The predicted molar refractivity (Wildman–Crippen MR) is 99.4 cm³/mol. The molecule has 0 aromatic heterocycles. The normalized spacial score (nSPS) is 20.8. The quantitative estimate of drug-likeness (QED) is 0.668. The van der Waals surface area contributed by atoms with E-state index in [9.17, 15) is 9.67 Å². The Morgan fingerprint density at radius 2 is 1.35 bits per heavy atom. The lowest BCUT2D eigenvalue weighted by Gasteiger charge is -2.30. The Morgan fingerprint density at radius 1 is 0.846 bits per heavy atom. The number of rotatable bonds is 8. The highest BCUT2D eigenvalue weighted by molar-refractivity contribution is 7.48. The number of aliphatic hydroxyl groups excluding tert-OH is 1. The number of phosphoric ester groups is 1. The van der Waals surface area contributed by atoms with Crippen LogP contribution >= 0.6 is 7.82 Å². The summed E-state index contributed by atoms with van der Waals surface area (Å²) >= 11 is 0. The highest BCUT2D eigenvalue weighted by atomic mass is 31.2. The van der Waals surface area contributed by atoms with Crippen molar-refractivity contribution < 1.29 is 23.2 Å². The van der Waals surface area contributed by atoms with E-state index in [0.717, 1.165) is 24.0 Å². The van der Waals surface area contributed by atoms with Gasteiger partial charge in [-0.3, -0.25) is 13.6 Å². The second-order valence-electron chi connectivity index (χ2n) is 6.46. The fourth-order valence-electron chi connectivity index (χ4n) is 2.92. The molecule has 0 radical (unpaired) electrons. The van der Waals surface area contributed by atoms with Gasteiger partial charge in [0.15, 0.2) is 0 Å². The molecule has 1 aliphatic rings. The van der Waals surface area contributed by atoms with Crippen LogP contribution in [0.5, 0.6) is 0 Å². The maximum atomic E-state index is 13.2. The molecule has 1 aliphatic carbocycles. The first-order valence-electron chi connectivity index (χ1n) is 8.98. The van der Waals surface area contributed by atoms with Crippen LogP contribution in [0.4, 0.5) is 0 Å². The van der Waals surface area contributed by atoms with Gasteiger partial charge in [0.25, 0.3) is 0 Å². The van der Waals surface area contributed by atoms with Crippen molar-refractivity contribution in [3.8, 4) is 0 Å². The van der Waals surface area contributed by atoms with E-state index in [0.29, 0.717) is 12.8 Å². The number of hydrogen-bond donors (Lipinski definition) is 1. The molecule has 5 nitrogen and oxygen atoms in total. The molecular formula is C20H25O5P. The zero-order valence-electron chi connectivity index (χ0n) is 14.7. The summed E-state index contributed by atoms with van der Waals surface area (Å²) in [6.45, 7) is 0.242. The molecule has 0 bridgehead atoms. The highest BCUT2D eigenvalue weighted by Crippen LogP contribution is 2.53. The lowest BCUT2D eigenvalue weighted by Crippen LogP contribution is -2.31. The summed E-state index contributed by atoms with van der Waals surface area (Å²) in [7, 11) is -3.82. The van der Waals surface area contributed by atoms with Gasteiger partial charge in [0.1, 0.15) is 0 Å². The topological polar surface area (TPSA) is 65.0 Å². The van der Waals surface area contributed by atoms with E-state index >= 15 is 0 Å². The fraction of sp³-hybridized carbons (Fsp3) is 0.400. The molecule has 2 aromatic carbocycles. The van der Waals surface area contributed by atoms with Crippen molar-refractivity contribution in [1.82, 2.24) is 0 Å². The van der Waals surface area contributed by atoms with Crippen LogP contribution in [0, 0.1) is 0 Å². The first-order chi connectivity index (χ1) is 12.6. The number of hydrogen-bond acceptors (Lipinski definition) is 5. The molecule has 26 heavy (non-hydrogen) atoms. The third kappa shape index (κ3) is 5.76. The van der Waals surface area contributed by atoms with Gasteiger partial charge in [-0.15, -0.1) is 0 Å². The standard InChI is InChI=1S/C20H25O5P/c21-19-13-7-8-14-20(19)25-26(22,23-15-17-9-3-1-4-10-17)24-16-18-11-5-2-6-12-18/h1-6,9-12,19-21H,7-8,13-16H2/t19-,20+/m0/s1. The van der Waals surface area contributed by atoms with Gasteiger partial charge < -0.3 is 5.11 Å². The molecule has 0 saturated heterocycles. The van der Waals surface area contributed by atoms with Crippen LogP contribution in [0.25, 0.3) is 0 Å². The number of benzene rings is 2. The molecule has 2 atom stereocenters. The summed E-state index contributed by atoms with van der Waals surface area (Å²) in [5.41, 5.74) is 1.76. The smallest absolute Gasteiger partial charge is 0.390 e. The van der Waals surface area contributed by atoms with Crippen molar-refractivity contribution in [2.24, 2.45) is 0 Å². The van der Waals surface area contributed by atoms with Gasteiger partial charge in [-0.1, -0.05) is 73.5 Å². The Balaban J connectivity index is 1.67. The SMILES string of the molecule is O=P(OCc1ccccc1)(OCc1ccccc1)O[C@@H]1CCCC[C@@H]1O. The fourth-order valence-corrected chi connectivity index (χ4v) is 4.31. The van der Waals surface area contributed by atoms with Crippen molar-refractivity contribution in [2.75, 3.05) is 0 Å². The Kier molecular flexibility index (Phi) is 7.00. The Hall–Kier alpha value is -1.49. The first kappa shape index (κ1) is 19.3. The van der Waals surface area contributed by atoms with E-state index in [2.05, 4.69) is 0 Å². The average Bonchev–Trinajstić information content (AvgIpc) is 2.69.